The first kappa shape index (κ1) is 49.3. The molecule has 0 radical (unpaired) electrons. The molecule has 2 fully saturated rings. The summed E-state index contributed by atoms with van der Waals surface area (Å²) >= 11 is 0. The predicted molar refractivity (Wildman–Crippen MR) is 239 cm³/mol. The molecule has 8 rings (SSSR count). The van der Waals surface area contributed by atoms with Crippen molar-refractivity contribution in [2.45, 2.75) is 62.7 Å². The second-order valence-corrected chi connectivity index (χ2v) is 18.4. The average Bonchev–Trinajstić information content (AvgIpc) is 3.26. The highest BCUT2D eigenvalue weighted by Gasteiger charge is 2.42. The Morgan fingerprint density at radius 1 is 0.561 bits per heavy atom. The molecular weight excluding hydrogens is 867 g/mol. The van der Waals surface area contributed by atoms with Crippen LogP contribution in [0.5, 0.6) is 23.0 Å². The third-order valence-corrected chi connectivity index (χ3v) is 13.2. The number of rotatable bonds is 18. The molecule has 4 aromatic carbocycles. The molecule has 360 valence electrons. The van der Waals surface area contributed by atoms with Gasteiger partial charge in [-0.15, -0.1) is 0 Å². The number of aliphatic hydroxyl groups is 2. The number of aliphatic hydroxyl groups excluding tert-OH is 2. The maximum atomic E-state index is 14.2. The van der Waals surface area contributed by atoms with Gasteiger partial charge in [-0.1, -0.05) is 36.4 Å². The van der Waals surface area contributed by atoms with E-state index < -0.39 is 50.2 Å². The van der Waals surface area contributed by atoms with E-state index in [-0.39, 0.29) is 48.8 Å². The zero-order chi connectivity index (χ0) is 47.2. The molecule has 4 aliphatic rings. The van der Waals surface area contributed by atoms with Gasteiger partial charge in [-0.3, -0.25) is 28.4 Å². The lowest BCUT2D eigenvalue weighted by atomic mass is 9.84. The molecule has 4 N–H and O–H groups in total. The third kappa shape index (κ3) is 12.1. The molecule has 0 spiro atoms. The van der Waals surface area contributed by atoms with Gasteiger partial charge < -0.3 is 29.9 Å². The molecule has 4 aliphatic heterocycles. The van der Waals surface area contributed by atoms with Crippen LogP contribution in [0, 0.1) is 11.8 Å². The topological polar surface area (TPSA) is 112 Å². The van der Waals surface area contributed by atoms with Crippen molar-refractivity contribution in [1.82, 2.24) is 19.6 Å². The lowest BCUT2D eigenvalue weighted by molar-refractivity contribution is -0.0864. The first-order valence-corrected chi connectivity index (χ1v) is 22.7. The number of fused-ring (bicyclic) bond motifs is 2. The lowest BCUT2D eigenvalue weighted by Gasteiger charge is -2.43. The summed E-state index contributed by atoms with van der Waals surface area (Å²) in [6, 6.07) is 23.7. The largest absolute Gasteiger partial charge is 0.508 e. The molecule has 0 unspecified atom stereocenters. The second-order valence-electron chi connectivity index (χ2n) is 18.4. The number of hydrogen-bond acceptors (Lipinski definition) is 10. The van der Waals surface area contributed by atoms with Crippen molar-refractivity contribution < 1.29 is 56.2 Å². The van der Waals surface area contributed by atoms with Gasteiger partial charge >= 0.3 is 0 Å². The van der Waals surface area contributed by atoms with E-state index in [2.05, 4.69) is 9.80 Å². The molecular formula is C50H62F6N4O6. The van der Waals surface area contributed by atoms with E-state index in [9.17, 15) is 36.6 Å². The van der Waals surface area contributed by atoms with E-state index in [0.29, 0.717) is 37.6 Å². The van der Waals surface area contributed by atoms with Crippen LogP contribution < -0.4 is 9.47 Å². The van der Waals surface area contributed by atoms with Gasteiger partial charge in [0.2, 0.25) is 0 Å². The summed E-state index contributed by atoms with van der Waals surface area (Å²) < 4.78 is 93.6. The highest BCUT2D eigenvalue weighted by Crippen LogP contribution is 2.42. The van der Waals surface area contributed by atoms with E-state index in [1.807, 2.05) is 62.4 Å². The number of hydrogen-bond donors (Lipinski definition) is 4. The number of phenols is 2. The maximum absolute atomic E-state index is 14.2. The molecule has 66 heavy (non-hydrogen) atoms. The molecule has 4 aromatic rings. The van der Waals surface area contributed by atoms with Gasteiger partial charge in [-0.25, -0.2) is 17.6 Å². The van der Waals surface area contributed by atoms with E-state index >= 15 is 0 Å². The van der Waals surface area contributed by atoms with Crippen molar-refractivity contribution in [2.75, 3.05) is 92.1 Å². The summed E-state index contributed by atoms with van der Waals surface area (Å²) in [7, 11) is 0. The van der Waals surface area contributed by atoms with Crippen LogP contribution in [-0.2, 0) is 12.8 Å². The monoisotopic (exact) mass is 928 g/mol. The van der Waals surface area contributed by atoms with E-state index in [4.69, 9.17) is 19.7 Å². The van der Waals surface area contributed by atoms with Crippen molar-refractivity contribution in [1.29, 1.82) is 0 Å². The Hall–Kier alpha value is -4.58. The maximum Gasteiger partial charge on any atom is 0.283 e. The van der Waals surface area contributed by atoms with Crippen molar-refractivity contribution in [3.8, 4) is 23.0 Å². The minimum Gasteiger partial charge on any atom is -0.508 e. The Labute approximate surface area is 383 Å². The van der Waals surface area contributed by atoms with Crippen LogP contribution in [0.1, 0.15) is 59.3 Å². The normalized spacial score (nSPS) is 22.1. The van der Waals surface area contributed by atoms with E-state index in [1.165, 1.54) is 0 Å². The van der Waals surface area contributed by atoms with Crippen LogP contribution >= 0.6 is 0 Å². The molecule has 0 amide bonds. The van der Waals surface area contributed by atoms with Crippen molar-refractivity contribution >= 4 is 0 Å². The van der Waals surface area contributed by atoms with Crippen LogP contribution in [0.4, 0.5) is 26.3 Å². The zero-order valence-corrected chi connectivity index (χ0v) is 37.5. The second kappa shape index (κ2) is 21.6. The molecule has 4 atom stereocenters. The molecule has 0 bridgehead atoms. The summed E-state index contributed by atoms with van der Waals surface area (Å²) in [5, 5.41) is 38.2. The highest BCUT2D eigenvalue weighted by atomic mass is 19.3. The number of benzene rings is 4. The predicted octanol–water partition coefficient (Wildman–Crippen LogP) is 7.27. The number of alkyl halides is 6. The van der Waals surface area contributed by atoms with Gasteiger partial charge in [0.25, 0.3) is 11.8 Å². The van der Waals surface area contributed by atoms with Gasteiger partial charge in [0.1, 0.15) is 49.4 Å². The smallest absolute Gasteiger partial charge is 0.283 e. The van der Waals surface area contributed by atoms with Crippen LogP contribution in [0.25, 0.3) is 0 Å². The van der Waals surface area contributed by atoms with Crippen LogP contribution in [-0.4, -0.2) is 156 Å². The number of likely N-dealkylation sites (tertiary alicyclic amines) is 2. The number of phenolic OH excluding ortho intramolecular Hbond substituents is 2. The average molecular weight is 929 g/mol. The standard InChI is InChI=1S/2C25H31F3N2O3/c2*1-17-10-20-11-21(32)4-7-23(20)24(30(17)15-25(27,28)16-31)19-2-5-22(6-3-19)33-9-8-29-13-18(12-26)14-29/h2*2-7,11,17-18,24,31-32H,8-10,12-16H2,1H3/t2*17-,24-/m10/s1. The number of aromatic hydroxyl groups is 2. The fourth-order valence-corrected chi connectivity index (χ4v) is 9.67. The van der Waals surface area contributed by atoms with Gasteiger partial charge in [0, 0.05) is 63.2 Å². The SMILES string of the molecule is C[C@@H]1Cc2cc(O)ccc2[C@@H](c2ccc(OCCN3CC(CF)C3)cc2)N1CC(F)(F)CO.C[C@H]1Cc2cc(O)ccc2[C@H](c2ccc(OCCN3CC(CF)C3)cc2)N1CC(F)(F)CO. The van der Waals surface area contributed by atoms with Gasteiger partial charge in [0.15, 0.2) is 0 Å². The van der Waals surface area contributed by atoms with Crippen molar-refractivity contribution in [3.05, 3.63) is 118 Å². The van der Waals surface area contributed by atoms with Crippen LogP contribution in [0.2, 0.25) is 0 Å². The van der Waals surface area contributed by atoms with Crippen molar-refractivity contribution in [3.63, 3.8) is 0 Å². The van der Waals surface area contributed by atoms with E-state index in [1.54, 1.807) is 46.2 Å². The Bertz CT molecular complexity index is 2020. The molecule has 0 aromatic heterocycles. The summed E-state index contributed by atoms with van der Waals surface area (Å²) in [6.45, 7) is 5.20. The van der Waals surface area contributed by atoms with Crippen molar-refractivity contribution in [2.24, 2.45) is 11.8 Å². The first-order chi connectivity index (χ1) is 31.6. The van der Waals surface area contributed by atoms with E-state index in [0.717, 1.165) is 72.6 Å². The number of halogens is 6. The molecule has 2 saturated heterocycles. The Balaban J connectivity index is 0.000000196. The quantitative estimate of drug-likeness (QED) is 0.0761. The summed E-state index contributed by atoms with van der Waals surface area (Å²) in [5.74, 6) is -4.48. The van der Waals surface area contributed by atoms with Crippen LogP contribution in [0.3, 0.4) is 0 Å². The van der Waals surface area contributed by atoms with Gasteiger partial charge in [-0.05, 0) is 109 Å². The summed E-state index contributed by atoms with van der Waals surface area (Å²) in [4.78, 5) is 7.73. The molecule has 10 nitrogen and oxygen atoms in total. The van der Waals surface area contributed by atoms with Crippen LogP contribution in [0.15, 0.2) is 84.9 Å². The molecule has 0 saturated carbocycles. The zero-order valence-electron chi connectivity index (χ0n) is 37.5. The minimum atomic E-state index is -3.22. The Morgan fingerprint density at radius 2 is 0.924 bits per heavy atom. The van der Waals surface area contributed by atoms with Gasteiger partial charge in [-0.2, -0.15) is 0 Å². The Morgan fingerprint density at radius 3 is 1.26 bits per heavy atom. The summed E-state index contributed by atoms with van der Waals surface area (Å²) in [6.07, 6.45) is 1.06. The lowest BCUT2D eigenvalue weighted by Crippen LogP contribution is -2.49. The fraction of sp³-hybridized carbons (Fsp3) is 0.520. The first-order valence-electron chi connectivity index (χ1n) is 22.7. The van der Waals surface area contributed by atoms with Gasteiger partial charge in [0.05, 0.1) is 38.5 Å². The molecule has 4 heterocycles. The Kier molecular flexibility index (Phi) is 16.1. The summed E-state index contributed by atoms with van der Waals surface area (Å²) in [5.41, 5.74) is 5.27. The highest BCUT2D eigenvalue weighted by molar-refractivity contribution is 5.46. The number of nitrogens with zero attached hydrogens (tertiary/aromatic N) is 4. The fourth-order valence-electron chi connectivity index (χ4n) is 9.67. The minimum absolute atomic E-state index is 0.146. The molecule has 16 heteroatoms. The third-order valence-electron chi connectivity index (χ3n) is 13.2. The molecule has 0 aliphatic carbocycles. The number of ether oxygens (including phenoxy) is 2.